The number of fused-ring (bicyclic) bond motifs is 1. The van der Waals surface area contributed by atoms with Crippen LogP contribution >= 0.6 is 39.1 Å². The van der Waals surface area contributed by atoms with Gasteiger partial charge in [0.15, 0.2) is 0 Å². The van der Waals surface area contributed by atoms with Crippen LogP contribution in [0.3, 0.4) is 0 Å². The Kier molecular flexibility index (Phi) is 7.02. The fraction of sp³-hybridized carbons (Fsp3) is 0.0357. The van der Waals surface area contributed by atoms with E-state index in [1.807, 2.05) is 30.3 Å². The molecule has 4 aromatic rings. The lowest BCUT2D eigenvalue weighted by molar-refractivity contribution is -0.122. The predicted molar refractivity (Wildman–Crippen MR) is 148 cm³/mol. The van der Waals surface area contributed by atoms with Crippen LogP contribution in [0.15, 0.2) is 88.9 Å². The Labute approximate surface area is 230 Å². The van der Waals surface area contributed by atoms with Gasteiger partial charge in [-0.05, 0) is 59.3 Å². The molecule has 1 aliphatic heterocycles. The van der Waals surface area contributed by atoms with Crippen molar-refractivity contribution in [1.82, 2.24) is 5.32 Å². The molecular weight excluding hydrogens is 579 g/mol. The van der Waals surface area contributed by atoms with Crippen LogP contribution < -0.4 is 15.0 Å². The summed E-state index contributed by atoms with van der Waals surface area (Å²) in [6.07, 6.45) is 1.46. The second-order valence-corrected chi connectivity index (χ2v) is 9.92. The predicted octanol–water partition coefficient (Wildman–Crippen LogP) is 7.15. The summed E-state index contributed by atoms with van der Waals surface area (Å²) >= 11 is 15.6. The van der Waals surface area contributed by atoms with Crippen molar-refractivity contribution in [2.24, 2.45) is 0 Å². The van der Waals surface area contributed by atoms with Crippen LogP contribution in [0.5, 0.6) is 5.75 Å². The molecule has 0 spiro atoms. The van der Waals surface area contributed by atoms with Gasteiger partial charge in [-0.25, -0.2) is 9.69 Å². The van der Waals surface area contributed by atoms with Crippen LogP contribution in [0.4, 0.5) is 10.5 Å². The van der Waals surface area contributed by atoms with E-state index in [-0.39, 0.29) is 12.2 Å². The standard InChI is InChI=1S/C28H17BrCl2N2O4/c29-18-7-10-20(11-8-18)33-27(35)23(26(34)32-28(33)36)14-22-21-4-2-1-3-16(21)6-12-25(22)37-15-17-5-9-19(30)13-24(17)31/h1-14H,15H2,(H,32,34,36)/b23-14+. The number of amides is 4. The number of carbonyl (C=O) groups excluding carboxylic acids is 3. The normalized spacial score (nSPS) is 14.8. The largest absolute Gasteiger partial charge is 0.488 e. The number of ether oxygens (including phenoxy) is 1. The molecule has 6 nitrogen and oxygen atoms in total. The van der Waals surface area contributed by atoms with Gasteiger partial charge >= 0.3 is 6.03 Å². The monoisotopic (exact) mass is 594 g/mol. The number of hydrogen-bond acceptors (Lipinski definition) is 4. The lowest BCUT2D eigenvalue weighted by Crippen LogP contribution is -2.54. The van der Waals surface area contributed by atoms with Crippen LogP contribution in [0, 0.1) is 0 Å². The van der Waals surface area contributed by atoms with E-state index < -0.39 is 17.8 Å². The first-order valence-corrected chi connectivity index (χ1v) is 12.6. The van der Waals surface area contributed by atoms with E-state index in [1.54, 1.807) is 48.5 Å². The van der Waals surface area contributed by atoms with Gasteiger partial charge in [-0.1, -0.05) is 75.5 Å². The number of urea groups is 1. The number of nitrogens with one attached hydrogen (secondary N) is 1. The summed E-state index contributed by atoms with van der Waals surface area (Å²) in [5, 5.41) is 4.88. The zero-order chi connectivity index (χ0) is 26.1. The molecule has 184 valence electrons. The number of halogens is 3. The van der Waals surface area contributed by atoms with Crippen molar-refractivity contribution in [2.75, 3.05) is 4.90 Å². The van der Waals surface area contributed by atoms with E-state index in [0.717, 1.165) is 25.7 Å². The van der Waals surface area contributed by atoms with Crippen molar-refractivity contribution in [1.29, 1.82) is 0 Å². The lowest BCUT2D eigenvalue weighted by atomic mass is 9.99. The fourth-order valence-electron chi connectivity index (χ4n) is 3.97. The summed E-state index contributed by atoms with van der Waals surface area (Å²) in [5.41, 5.74) is 1.37. The fourth-order valence-corrected chi connectivity index (χ4v) is 4.70. The van der Waals surface area contributed by atoms with Crippen LogP contribution in [0.2, 0.25) is 10.0 Å². The SMILES string of the molecule is O=C1NC(=O)N(c2ccc(Br)cc2)C(=O)/C1=C/c1c(OCc2ccc(Cl)cc2Cl)ccc2ccccc12. The molecule has 0 aromatic heterocycles. The molecule has 0 unspecified atom stereocenters. The van der Waals surface area contributed by atoms with E-state index in [4.69, 9.17) is 27.9 Å². The molecule has 37 heavy (non-hydrogen) atoms. The van der Waals surface area contributed by atoms with Gasteiger partial charge in [-0.3, -0.25) is 14.9 Å². The first-order chi connectivity index (χ1) is 17.8. The Morgan fingerprint density at radius 2 is 1.68 bits per heavy atom. The smallest absolute Gasteiger partial charge is 0.335 e. The highest BCUT2D eigenvalue weighted by molar-refractivity contribution is 9.10. The zero-order valence-electron chi connectivity index (χ0n) is 19.0. The molecule has 1 aliphatic rings. The Balaban J connectivity index is 1.58. The average molecular weight is 596 g/mol. The molecule has 1 fully saturated rings. The van der Waals surface area contributed by atoms with Crippen molar-refractivity contribution in [3.63, 3.8) is 0 Å². The molecule has 9 heteroatoms. The maximum Gasteiger partial charge on any atom is 0.335 e. The second kappa shape index (κ2) is 10.4. The minimum absolute atomic E-state index is 0.133. The third-order valence-electron chi connectivity index (χ3n) is 5.80. The number of carbonyl (C=O) groups is 3. The molecule has 0 atom stereocenters. The number of anilines is 1. The first kappa shape index (κ1) is 25.0. The Morgan fingerprint density at radius 1 is 0.919 bits per heavy atom. The van der Waals surface area contributed by atoms with Crippen molar-refractivity contribution < 1.29 is 19.1 Å². The zero-order valence-corrected chi connectivity index (χ0v) is 22.1. The topological polar surface area (TPSA) is 75.7 Å². The average Bonchev–Trinajstić information content (AvgIpc) is 2.87. The molecule has 1 saturated heterocycles. The van der Waals surface area contributed by atoms with Crippen molar-refractivity contribution in [3.05, 3.63) is 110 Å². The third kappa shape index (κ3) is 5.11. The molecule has 4 amide bonds. The highest BCUT2D eigenvalue weighted by atomic mass is 79.9. The van der Waals surface area contributed by atoms with Gasteiger partial charge in [0.05, 0.1) is 5.69 Å². The number of nitrogens with zero attached hydrogens (tertiary/aromatic N) is 1. The Hall–Kier alpha value is -3.65. The quantitative estimate of drug-likeness (QED) is 0.196. The van der Waals surface area contributed by atoms with E-state index in [1.165, 1.54) is 6.08 Å². The number of barbiturate groups is 1. The highest BCUT2D eigenvalue weighted by Crippen LogP contribution is 2.33. The highest BCUT2D eigenvalue weighted by Gasteiger charge is 2.37. The lowest BCUT2D eigenvalue weighted by Gasteiger charge is -2.26. The summed E-state index contributed by atoms with van der Waals surface area (Å²) in [4.78, 5) is 39.8. The summed E-state index contributed by atoms with van der Waals surface area (Å²) in [6, 6.07) is 22.1. The van der Waals surface area contributed by atoms with Crippen LogP contribution in [0.25, 0.3) is 16.8 Å². The molecule has 0 aliphatic carbocycles. The number of imide groups is 2. The second-order valence-electron chi connectivity index (χ2n) is 8.16. The molecule has 0 saturated carbocycles. The molecule has 5 rings (SSSR count). The maximum atomic E-state index is 13.4. The Bertz CT molecular complexity index is 1600. The molecule has 4 aromatic carbocycles. The Morgan fingerprint density at radius 3 is 2.43 bits per heavy atom. The van der Waals surface area contributed by atoms with Crippen molar-refractivity contribution in [2.45, 2.75) is 6.61 Å². The minimum Gasteiger partial charge on any atom is -0.488 e. The maximum absolute atomic E-state index is 13.4. The minimum atomic E-state index is -0.818. The summed E-state index contributed by atoms with van der Waals surface area (Å²) in [6.45, 7) is 0.133. The summed E-state index contributed by atoms with van der Waals surface area (Å²) in [7, 11) is 0. The van der Waals surface area contributed by atoms with E-state index in [9.17, 15) is 14.4 Å². The van der Waals surface area contributed by atoms with Gasteiger partial charge in [0.25, 0.3) is 11.8 Å². The van der Waals surface area contributed by atoms with Gasteiger partial charge in [-0.15, -0.1) is 0 Å². The molecule has 1 heterocycles. The van der Waals surface area contributed by atoms with Gasteiger partial charge < -0.3 is 4.74 Å². The van der Waals surface area contributed by atoms with E-state index in [2.05, 4.69) is 21.2 Å². The van der Waals surface area contributed by atoms with Gasteiger partial charge in [0.2, 0.25) is 0 Å². The van der Waals surface area contributed by atoms with E-state index >= 15 is 0 Å². The number of benzene rings is 4. The van der Waals surface area contributed by atoms with Gasteiger partial charge in [-0.2, -0.15) is 0 Å². The van der Waals surface area contributed by atoms with Crippen molar-refractivity contribution >= 4 is 79.5 Å². The van der Waals surface area contributed by atoms with E-state index in [0.29, 0.717) is 27.0 Å². The van der Waals surface area contributed by atoms with Gasteiger partial charge in [0, 0.05) is 25.6 Å². The summed E-state index contributed by atoms with van der Waals surface area (Å²) in [5.74, 6) is -1.09. The third-order valence-corrected chi connectivity index (χ3v) is 6.92. The van der Waals surface area contributed by atoms with Crippen LogP contribution in [-0.2, 0) is 16.2 Å². The van der Waals surface area contributed by atoms with Crippen LogP contribution in [0.1, 0.15) is 11.1 Å². The number of rotatable bonds is 5. The molecule has 0 radical (unpaired) electrons. The molecular formula is C28H17BrCl2N2O4. The molecule has 0 bridgehead atoms. The van der Waals surface area contributed by atoms with Gasteiger partial charge in [0.1, 0.15) is 17.9 Å². The van der Waals surface area contributed by atoms with Crippen LogP contribution in [-0.4, -0.2) is 17.8 Å². The van der Waals surface area contributed by atoms with Crippen molar-refractivity contribution in [3.8, 4) is 5.75 Å². The number of hydrogen-bond donors (Lipinski definition) is 1. The first-order valence-electron chi connectivity index (χ1n) is 11.1. The molecule has 1 N–H and O–H groups in total. The summed E-state index contributed by atoms with van der Waals surface area (Å²) < 4.78 is 6.89.